The number of aliphatic hydroxyl groups is 2. The van der Waals surface area contributed by atoms with E-state index in [-0.39, 0.29) is 37.5 Å². The van der Waals surface area contributed by atoms with Crippen LogP contribution in [-0.2, 0) is 22.7 Å². The number of ether oxygens (including phenoxy) is 2. The van der Waals surface area contributed by atoms with Gasteiger partial charge in [0.05, 0.1) is 12.2 Å². The molecule has 8 heteroatoms. The highest BCUT2D eigenvalue weighted by Crippen LogP contribution is 2.19. The van der Waals surface area contributed by atoms with Crippen LogP contribution in [0.25, 0.3) is 0 Å². The molecule has 4 rings (SSSR count). The molecule has 0 saturated heterocycles. The molecule has 0 heterocycles. The van der Waals surface area contributed by atoms with Gasteiger partial charge in [0, 0.05) is 12.1 Å². The van der Waals surface area contributed by atoms with Crippen molar-refractivity contribution in [1.82, 2.24) is 10.6 Å². The van der Waals surface area contributed by atoms with Crippen LogP contribution in [0, 0.1) is 0 Å². The molecule has 0 unspecified atom stereocenters. The SMILES string of the molecule is O=C(N[C@@H]1CC[C@H](O)C1)OCc1ccccc1.O=C(N[C@H]1CC[C@@H](O)C1)OCc1ccccc1. The molecule has 184 valence electrons. The van der Waals surface area contributed by atoms with Crippen molar-refractivity contribution in [1.29, 1.82) is 0 Å². The number of hydrogen-bond acceptors (Lipinski definition) is 6. The predicted molar refractivity (Wildman–Crippen MR) is 127 cm³/mol. The van der Waals surface area contributed by atoms with Gasteiger partial charge in [-0.15, -0.1) is 0 Å². The van der Waals surface area contributed by atoms with Gasteiger partial charge in [0.25, 0.3) is 0 Å². The number of aliphatic hydroxyl groups excluding tert-OH is 2. The Kier molecular flexibility index (Phi) is 10.2. The third-order valence-electron chi connectivity index (χ3n) is 5.88. The van der Waals surface area contributed by atoms with Crippen molar-refractivity contribution in [2.24, 2.45) is 0 Å². The minimum atomic E-state index is -0.409. The highest BCUT2D eigenvalue weighted by atomic mass is 16.6. The van der Waals surface area contributed by atoms with Gasteiger partial charge in [-0.3, -0.25) is 0 Å². The van der Waals surface area contributed by atoms with Gasteiger partial charge < -0.3 is 30.3 Å². The molecule has 2 aromatic rings. The number of carbonyl (C=O) groups is 2. The zero-order valence-electron chi connectivity index (χ0n) is 19.3. The number of amides is 2. The van der Waals surface area contributed by atoms with Gasteiger partial charge in [-0.2, -0.15) is 0 Å². The van der Waals surface area contributed by atoms with Crippen LogP contribution < -0.4 is 10.6 Å². The summed E-state index contributed by atoms with van der Waals surface area (Å²) in [5.41, 5.74) is 1.93. The van der Waals surface area contributed by atoms with Gasteiger partial charge >= 0.3 is 12.2 Å². The van der Waals surface area contributed by atoms with E-state index in [1.807, 2.05) is 60.7 Å². The number of carbonyl (C=O) groups excluding carboxylic acids is 2. The molecule has 2 aliphatic rings. The molecule has 4 atom stereocenters. The first kappa shape index (κ1) is 25.5. The lowest BCUT2D eigenvalue weighted by molar-refractivity contribution is 0.132. The van der Waals surface area contributed by atoms with Crippen molar-refractivity contribution in [2.75, 3.05) is 0 Å². The first-order valence-corrected chi connectivity index (χ1v) is 11.8. The predicted octanol–water partition coefficient (Wildman–Crippen LogP) is 3.65. The second-order valence-corrected chi connectivity index (χ2v) is 8.74. The van der Waals surface area contributed by atoms with Gasteiger partial charge in [-0.05, 0) is 49.7 Å². The topological polar surface area (TPSA) is 117 Å². The second-order valence-electron chi connectivity index (χ2n) is 8.74. The Bertz CT molecular complexity index is 806. The molecule has 0 bridgehead atoms. The Morgan fingerprint density at radius 3 is 1.38 bits per heavy atom. The summed E-state index contributed by atoms with van der Waals surface area (Å²) >= 11 is 0. The minimum absolute atomic E-state index is 0.0493. The molecule has 0 radical (unpaired) electrons. The lowest BCUT2D eigenvalue weighted by atomic mass is 10.2. The number of alkyl carbamates (subject to hydrolysis) is 2. The molecule has 2 aliphatic carbocycles. The fourth-order valence-electron chi connectivity index (χ4n) is 4.04. The normalized spacial score (nSPS) is 23.4. The summed E-state index contributed by atoms with van der Waals surface area (Å²) in [6.07, 6.45) is 3.02. The third kappa shape index (κ3) is 9.41. The van der Waals surface area contributed by atoms with E-state index < -0.39 is 12.2 Å². The first-order chi connectivity index (χ1) is 16.5. The van der Waals surface area contributed by atoms with Crippen LogP contribution in [0.1, 0.15) is 49.7 Å². The molecule has 2 amide bonds. The van der Waals surface area contributed by atoms with E-state index in [1.54, 1.807) is 0 Å². The molecule has 0 spiro atoms. The van der Waals surface area contributed by atoms with E-state index in [0.29, 0.717) is 12.8 Å². The van der Waals surface area contributed by atoms with Crippen molar-refractivity contribution in [3.63, 3.8) is 0 Å². The summed E-state index contributed by atoms with van der Waals surface area (Å²) in [5, 5.41) is 24.2. The van der Waals surface area contributed by atoms with Gasteiger partial charge in [-0.1, -0.05) is 60.7 Å². The minimum Gasteiger partial charge on any atom is -0.445 e. The van der Waals surface area contributed by atoms with Gasteiger partial charge in [0.15, 0.2) is 0 Å². The molecular formula is C26H34N2O6. The Morgan fingerprint density at radius 2 is 1.06 bits per heavy atom. The van der Waals surface area contributed by atoms with Gasteiger partial charge in [0.1, 0.15) is 13.2 Å². The van der Waals surface area contributed by atoms with Crippen LogP contribution >= 0.6 is 0 Å². The van der Waals surface area contributed by atoms with Crippen LogP contribution in [0.15, 0.2) is 60.7 Å². The average Bonchev–Trinajstić information content (AvgIpc) is 3.45. The van der Waals surface area contributed by atoms with E-state index >= 15 is 0 Å². The smallest absolute Gasteiger partial charge is 0.407 e. The standard InChI is InChI=1S/2C13H17NO3/c2*15-12-7-6-11(8-12)14-13(16)17-9-10-4-2-1-3-5-10/h2*1-5,11-12,15H,6-9H2,(H,14,16)/t2*11-,12+/m10/s1. The molecule has 0 aliphatic heterocycles. The number of hydrogen-bond donors (Lipinski definition) is 4. The van der Waals surface area contributed by atoms with E-state index in [0.717, 1.165) is 36.8 Å². The van der Waals surface area contributed by atoms with Crippen LogP contribution in [0.2, 0.25) is 0 Å². The summed E-state index contributed by atoms with van der Waals surface area (Å²) in [7, 11) is 0. The molecule has 2 fully saturated rings. The average molecular weight is 471 g/mol. The number of benzene rings is 2. The Morgan fingerprint density at radius 1 is 0.676 bits per heavy atom. The van der Waals surface area contributed by atoms with Crippen LogP contribution in [0.4, 0.5) is 9.59 Å². The van der Waals surface area contributed by atoms with E-state index in [4.69, 9.17) is 9.47 Å². The largest absolute Gasteiger partial charge is 0.445 e. The van der Waals surface area contributed by atoms with Crippen LogP contribution in [0.3, 0.4) is 0 Å². The summed E-state index contributed by atoms with van der Waals surface area (Å²) in [6.45, 7) is 0.559. The maximum atomic E-state index is 11.5. The molecule has 8 nitrogen and oxygen atoms in total. The van der Waals surface area contributed by atoms with Gasteiger partial charge in [-0.25, -0.2) is 9.59 Å². The fourth-order valence-corrected chi connectivity index (χ4v) is 4.04. The van der Waals surface area contributed by atoms with Crippen LogP contribution in [0.5, 0.6) is 0 Å². The van der Waals surface area contributed by atoms with E-state index in [2.05, 4.69) is 10.6 Å². The highest BCUT2D eigenvalue weighted by molar-refractivity contribution is 5.68. The number of rotatable bonds is 6. The molecular weight excluding hydrogens is 436 g/mol. The zero-order chi connectivity index (χ0) is 24.2. The van der Waals surface area contributed by atoms with Crippen molar-refractivity contribution in [3.05, 3.63) is 71.8 Å². The summed E-state index contributed by atoms with van der Waals surface area (Å²) in [6, 6.07) is 19.2. The van der Waals surface area contributed by atoms with Crippen molar-refractivity contribution in [2.45, 2.75) is 76.0 Å². The maximum Gasteiger partial charge on any atom is 0.407 e. The summed E-state index contributed by atoms with van der Waals surface area (Å²) < 4.78 is 10.2. The monoisotopic (exact) mass is 470 g/mol. The lowest BCUT2D eigenvalue weighted by Crippen LogP contribution is -2.33. The Hall–Kier alpha value is -3.10. The quantitative estimate of drug-likeness (QED) is 0.512. The Balaban J connectivity index is 0.000000191. The summed E-state index contributed by atoms with van der Waals surface area (Å²) in [4.78, 5) is 22.9. The van der Waals surface area contributed by atoms with Gasteiger partial charge in [0.2, 0.25) is 0 Å². The highest BCUT2D eigenvalue weighted by Gasteiger charge is 2.25. The third-order valence-corrected chi connectivity index (χ3v) is 5.88. The zero-order valence-corrected chi connectivity index (χ0v) is 19.3. The van der Waals surface area contributed by atoms with Crippen LogP contribution in [-0.4, -0.2) is 46.7 Å². The molecule has 0 aromatic heterocycles. The molecule has 4 N–H and O–H groups in total. The summed E-state index contributed by atoms with van der Waals surface area (Å²) in [5.74, 6) is 0. The number of nitrogens with one attached hydrogen (secondary N) is 2. The Labute approximate surface area is 200 Å². The van der Waals surface area contributed by atoms with Crippen molar-refractivity contribution in [3.8, 4) is 0 Å². The van der Waals surface area contributed by atoms with Crippen molar-refractivity contribution < 1.29 is 29.3 Å². The maximum absolute atomic E-state index is 11.5. The van der Waals surface area contributed by atoms with E-state index in [1.165, 1.54) is 0 Å². The van der Waals surface area contributed by atoms with Crippen molar-refractivity contribution >= 4 is 12.2 Å². The second kappa shape index (κ2) is 13.6. The molecule has 2 aromatic carbocycles. The molecule has 34 heavy (non-hydrogen) atoms. The molecule has 2 saturated carbocycles. The lowest BCUT2D eigenvalue weighted by Gasteiger charge is -2.12. The fraction of sp³-hybridized carbons (Fsp3) is 0.462. The first-order valence-electron chi connectivity index (χ1n) is 11.8. The van der Waals surface area contributed by atoms with E-state index in [9.17, 15) is 19.8 Å².